The van der Waals surface area contributed by atoms with Gasteiger partial charge in [0.2, 0.25) is 11.8 Å². The summed E-state index contributed by atoms with van der Waals surface area (Å²) in [4.78, 5) is 23.2. The lowest BCUT2D eigenvalue weighted by Gasteiger charge is -2.14. The van der Waals surface area contributed by atoms with Crippen LogP contribution in [0.25, 0.3) is 0 Å². The Morgan fingerprint density at radius 2 is 2.46 bits per heavy atom. The number of hydrogen-bond donors (Lipinski definition) is 1. The molecule has 1 N–H and O–H groups in total. The van der Waals surface area contributed by atoms with Crippen LogP contribution in [0.4, 0.5) is 0 Å². The summed E-state index contributed by atoms with van der Waals surface area (Å²) < 4.78 is 0.607. The van der Waals surface area contributed by atoms with Crippen LogP contribution < -0.4 is 5.32 Å². The molecule has 0 atom stereocenters. The molecule has 0 spiro atoms. The van der Waals surface area contributed by atoms with Gasteiger partial charge in [-0.05, 0) is 0 Å². The van der Waals surface area contributed by atoms with Crippen LogP contribution in [0.1, 0.15) is 6.92 Å². The number of carbonyl (C=O) groups excluding carboxylic acids is 2. The number of hydrogen-bond acceptors (Lipinski definition) is 4. The SMILES string of the molecule is CC(=O)NCCN1C(=O)CSC1=S. The van der Waals surface area contributed by atoms with Gasteiger partial charge >= 0.3 is 0 Å². The minimum Gasteiger partial charge on any atom is -0.355 e. The molecular weight excluding hydrogens is 208 g/mol. The molecule has 1 aliphatic heterocycles. The van der Waals surface area contributed by atoms with Crippen LogP contribution in [-0.2, 0) is 9.59 Å². The van der Waals surface area contributed by atoms with E-state index in [0.29, 0.717) is 23.2 Å². The molecule has 1 heterocycles. The van der Waals surface area contributed by atoms with Gasteiger partial charge in [-0.25, -0.2) is 0 Å². The summed E-state index contributed by atoms with van der Waals surface area (Å²) >= 11 is 6.32. The lowest BCUT2D eigenvalue weighted by Crippen LogP contribution is -2.36. The maximum atomic E-state index is 11.2. The minimum absolute atomic E-state index is 0.0281. The molecule has 1 aliphatic rings. The van der Waals surface area contributed by atoms with Crippen molar-refractivity contribution in [2.75, 3.05) is 18.8 Å². The third-order valence-corrected chi connectivity index (χ3v) is 2.98. The summed E-state index contributed by atoms with van der Waals surface area (Å²) in [7, 11) is 0. The van der Waals surface area contributed by atoms with Gasteiger partial charge in [-0.1, -0.05) is 24.0 Å². The number of amides is 2. The predicted octanol–water partition coefficient (Wildman–Crippen LogP) is -0.0172. The van der Waals surface area contributed by atoms with E-state index in [4.69, 9.17) is 12.2 Å². The van der Waals surface area contributed by atoms with E-state index >= 15 is 0 Å². The van der Waals surface area contributed by atoms with Gasteiger partial charge in [-0.3, -0.25) is 14.5 Å². The van der Waals surface area contributed by atoms with Gasteiger partial charge in [-0.15, -0.1) is 0 Å². The Kier molecular flexibility index (Phi) is 3.68. The summed E-state index contributed by atoms with van der Waals surface area (Å²) in [6.45, 7) is 2.38. The van der Waals surface area contributed by atoms with Gasteiger partial charge in [0.25, 0.3) is 0 Å². The minimum atomic E-state index is -0.0924. The van der Waals surface area contributed by atoms with Gasteiger partial charge in [0, 0.05) is 20.0 Å². The molecule has 1 fully saturated rings. The number of thiocarbonyl (C=S) groups is 1. The largest absolute Gasteiger partial charge is 0.355 e. The number of carbonyl (C=O) groups is 2. The second kappa shape index (κ2) is 4.57. The zero-order valence-corrected chi connectivity index (χ0v) is 8.83. The Bertz CT molecular complexity index is 239. The molecule has 0 aromatic rings. The molecule has 0 aromatic heterocycles. The van der Waals surface area contributed by atoms with Crippen LogP contribution in [0.15, 0.2) is 0 Å². The maximum absolute atomic E-state index is 11.2. The van der Waals surface area contributed by atoms with Crippen LogP contribution in [0, 0.1) is 0 Å². The number of nitrogens with one attached hydrogen (secondary N) is 1. The van der Waals surface area contributed by atoms with Gasteiger partial charge in [-0.2, -0.15) is 0 Å². The molecule has 13 heavy (non-hydrogen) atoms. The van der Waals surface area contributed by atoms with Crippen LogP contribution in [0.5, 0.6) is 0 Å². The molecule has 0 saturated carbocycles. The van der Waals surface area contributed by atoms with Crippen LogP contribution in [0.2, 0.25) is 0 Å². The van der Waals surface area contributed by atoms with Crippen LogP contribution in [0.3, 0.4) is 0 Å². The van der Waals surface area contributed by atoms with E-state index < -0.39 is 0 Å². The lowest BCUT2D eigenvalue weighted by molar-refractivity contribution is -0.124. The fraction of sp³-hybridized carbons (Fsp3) is 0.571. The van der Waals surface area contributed by atoms with Crippen molar-refractivity contribution in [3.8, 4) is 0 Å². The zero-order chi connectivity index (χ0) is 9.84. The highest BCUT2D eigenvalue weighted by Gasteiger charge is 2.25. The quantitative estimate of drug-likeness (QED) is 0.677. The highest BCUT2D eigenvalue weighted by molar-refractivity contribution is 8.23. The summed E-state index contributed by atoms with van der Waals surface area (Å²) in [5, 5.41) is 2.61. The number of nitrogens with zero attached hydrogens (tertiary/aromatic N) is 1. The third-order valence-electron chi connectivity index (χ3n) is 1.55. The van der Waals surface area contributed by atoms with Gasteiger partial charge in [0.15, 0.2) is 0 Å². The Morgan fingerprint density at radius 1 is 1.77 bits per heavy atom. The van der Waals surface area contributed by atoms with Gasteiger partial charge in [0.05, 0.1) is 5.75 Å². The molecule has 1 saturated heterocycles. The molecule has 72 valence electrons. The zero-order valence-electron chi connectivity index (χ0n) is 7.20. The van der Waals surface area contributed by atoms with Gasteiger partial charge < -0.3 is 5.32 Å². The average Bonchev–Trinajstić information content (AvgIpc) is 2.34. The van der Waals surface area contributed by atoms with E-state index in [-0.39, 0.29) is 11.8 Å². The van der Waals surface area contributed by atoms with Crippen molar-refractivity contribution in [3.05, 3.63) is 0 Å². The summed E-state index contributed by atoms with van der Waals surface area (Å²) in [5.41, 5.74) is 0. The summed E-state index contributed by atoms with van der Waals surface area (Å²) in [6.07, 6.45) is 0. The molecule has 0 radical (unpaired) electrons. The van der Waals surface area contributed by atoms with E-state index in [1.807, 2.05) is 0 Å². The van der Waals surface area contributed by atoms with Crippen molar-refractivity contribution in [2.45, 2.75) is 6.92 Å². The lowest BCUT2D eigenvalue weighted by atomic mass is 10.5. The first kappa shape index (κ1) is 10.5. The molecule has 4 nitrogen and oxygen atoms in total. The first-order valence-electron chi connectivity index (χ1n) is 3.83. The van der Waals surface area contributed by atoms with Crippen molar-refractivity contribution in [1.82, 2.24) is 10.2 Å². The molecule has 6 heteroatoms. The van der Waals surface area contributed by atoms with Crippen molar-refractivity contribution < 1.29 is 9.59 Å². The van der Waals surface area contributed by atoms with E-state index in [9.17, 15) is 9.59 Å². The van der Waals surface area contributed by atoms with E-state index in [1.54, 1.807) is 0 Å². The topological polar surface area (TPSA) is 49.4 Å². The fourth-order valence-electron chi connectivity index (χ4n) is 0.941. The second-order valence-corrected chi connectivity index (χ2v) is 4.19. The number of thioether (sulfide) groups is 1. The van der Waals surface area contributed by atoms with E-state index in [0.717, 1.165) is 0 Å². The Labute approximate surface area is 86.0 Å². The Balaban J connectivity index is 2.31. The molecule has 0 unspecified atom stereocenters. The summed E-state index contributed by atoms with van der Waals surface area (Å²) in [6, 6.07) is 0. The fourth-order valence-corrected chi connectivity index (χ4v) is 2.06. The highest BCUT2D eigenvalue weighted by atomic mass is 32.2. The molecule has 0 bridgehead atoms. The smallest absolute Gasteiger partial charge is 0.238 e. The maximum Gasteiger partial charge on any atom is 0.238 e. The van der Waals surface area contributed by atoms with Crippen molar-refractivity contribution in [2.24, 2.45) is 0 Å². The monoisotopic (exact) mass is 218 g/mol. The Hall–Kier alpha value is -0.620. The normalized spacial score (nSPS) is 16.5. The standard InChI is InChI=1S/C7H10N2O2S2/c1-5(10)8-2-3-9-6(11)4-13-7(9)12/h2-4H2,1H3,(H,8,10). The van der Waals surface area contributed by atoms with Gasteiger partial charge in [0.1, 0.15) is 4.32 Å². The first-order chi connectivity index (χ1) is 6.11. The van der Waals surface area contributed by atoms with Crippen molar-refractivity contribution in [1.29, 1.82) is 0 Å². The van der Waals surface area contributed by atoms with Crippen LogP contribution in [-0.4, -0.2) is 39.9 Å². The van der Waals surface area contributed by atoms with Crippen molar-refractivity contribution >= 4 is 40.1 Å². The van der Waals surface area contributed by atoms with Crippen molar-refractivity contribution in [3.63, 3.8) is 0 Å². The number of rotatable bonds is 3. The van der Waals surface area contributed by atoms with E-state index in [1.165, 1.54) is 23.6 Å². The first-order valence-corrected chi connectivity index (χ1v) is 5.22. The second-order valence-electron chi connectivity index (χ2n) is 2.58. The third kappa shape index (κ3) is 2.96. The van der Waals surface area contributed by atoms with E-state index in [2.05, 4.69) is 5.32 Å². The van der Waals surface area contributed by atoms with Crippen LogP contribution >= 0.6 is 24.0 Å². The molecule has 0 aromatic carbocycles. The molecule has 1 rings (SSSR count). The Morgan fingerprint density at radius 3 is 2.92 bits per heavy atom. The predicted molar refractivity (Wildman–Crippen MR) is 55.5 cm³/mol. The molecule has 2 amide bonds. The summed E-state index contributed by atoms with van der Waals surface area (Å²) in [5.74, 6) is 0.365. The highest BCUT2D eigenvalue weighted by Crippen LogP contribution is 2.18. The molecular formula is C7H10N2O2S2. The average molecular weight is 218 g/mol. The molecule has 0 aliphatic carbocycles.